The lowest BCUT2D eigenvalue weighted by atomic mass is 10.0. The summed E-state index contributed by atoms with van der Waals surface area (Å²) in [6.07, 6.45) is -1.13. The zero-order valence-corrected chi connectivity index (χ0v) is 16.2. The molecule has 0 heterocycles. The van der Waals surface area contributed by atoms with E-state index in [1.54, 1.807) is 24.3 Å². The fourth-order valence-electron chi connectivity index (χ4n) is 2.68. The van der Waals surface area contributed by atoms with Crippen molar-refractivity contribution in [3.05, 3.63) is 65.2 Å². The first-order chi connectivity index (χ1) is 13.3. The van der Waals surface area contributed by atoms with Crippen LogP contribution in [0.4, 0.5) is 10.5 Å². The Labute approximate surface area is 164 Å². The van der Waals surface area contributed by atoms with Crippen LogP contribution in [0.25, 0.3) is 0 Å². The van der Waals surface area contributed by atoms with Crippen LogP contribution in [0, 0.1) is 13.8 Å². The summed E-state index contributed by atoms with van der Waals surface area (Å²) >= 11 is 0. The molecule has 2 aromatic rings. The summed E-state index contributed by atoms with van der Waals surface area (Å²) in [7, 11) is 0. The normalized spacial score (nSPS) is 12.5. The second-order valence-electron chi connectivity index (χ2n) is 6.62. The molecule has 0 aliphatic rings. The molecule has 0 aliphatic carbocycles. The molecule has 148 valence electrons. The molecule has 0 radical (unpaired) electrons. The number of carbonyl (C=O) groups is 3. The van der Waals surface area contributed by atoms with Crippen LogP contribution >= 0.6 is 0 Å². The van der Waals surface area contributed by atoms with Gasteiger partial charge in [-0.25, -0.2) is 4.79 Å². The van der Waals surface area contributed by atoms with E-state index in [4.69, 9.17) is 10.5 Å². The van der Waals surface area contributed by atoms with E-state index in [0.717, 1.165) is 11.1 Å². The molecule has 0 spiro atoms. The molecule has 0 aliphatic heterocycles. The summed E-state index contributed by atoms with van der Waals surface area (Å²) in [6, 6.07) is 13.3. The van der Waals surface area contributed by atoms with Gasteiger partial charge in [0.05, 0.1) is 12.5 Å². The maximum Gasteiger partial charge on any atom is 0.312 e. The summed E-state index contributed by atoms with van der Waals surface area (Å²) in [5, 5.41) is 5.29. The van der Waals surface area contributed by atoms with E-state index in [-0.39, 0.29) is 6.42 Å². The largest absolute Gasteiger partial charge is 0.452 e. The van der Waals surface area contributed by atoms with Gasteiger partial charge in [0, 0.05) is 5.69 Å². The van der Waals surface area contributed by atoms with Crippen molar-refractivity contribution in [2.75, 3.05) is 5.32 Å². The van der Waals surface area contributed by atoms with E-state index in [1.165, 1.54) is 6.92 Å². The summed E-state index contributed by atoms with van der Waals surface area (Å²) in [5.41, 5.74) is 8.50. The number of hydrogen-bond acceptors (Lipinski definition) is 4. The van der Waals surface area contributed by atoms with E-state index in [2.05, 4.69) is 10.6 Å². The van der Waals surface area contributed by atoms with Crippen molar-refractivity contribution in [2.45, 2.75) is 39.3 Å². The topological polar surface area (TPSA) is 111 Å². The quantitative estimate of drug-likeness (QED) is 0.638. The number of esters is 1. The molecule has 7 nitrogen and oxygen atoms in total. The number of primary amides is 1. The molecule has 2 aromatic carbocycles. The zero-order valence-electron chi connectivity index (χ0n) is 16.2. The molecule has 7 heteroatoms. The van der Waals surface area contributed by atoms with Gasteiger partial charge >= 0.3 is 12.0 Å². The third-order valence-corrected chi connectivity index (χ3v) is 4.22. The van der Waals surface area contributed by atoms with Crippen molar-refractivity contribution in [3.8, 4) is 0 Å². The van der Waals surface area contributed by atoms with Crippen LogP contribution in [0.1, 0.15) is 36.1 Å². The van der Waals surface area contributed by atoms with Gasteiger partial charge in [-0.15, -0.1) is 0 Å². The lowest BCUT2D eigenvalue weighted by molar-refractivity contribution is -0.153. The molecule has 28 heavy (non-hydrogen) atoms. The maximum absolute atomic E-state index is 12.4. The number of nitrogens with one attached hydrogen (secondary N) is 2. The number of ether oxygens (including phenoxy) is 1. The lowest BCUT2D eigenvalue weighted by Crippen LogP contribution is -2.36. The average Bonchev–Trinajstić information content (AvgIpc) is 2.64. The van der Waals surface area contributed by atoms with Crippen LogP contribution in [-0.2, 0) is 14.3 Å². The number of aryl methyl sites for hydroxylation is 2. The number of amides is 3. The number of hydrogen-bond donors (Lipinski definition) is 3. The Morgan fingerprint density at radius 3 is 2.39 bits per heavy atom. The lowest BCUT2D eigenvalue weighted by Gasteiger charge is -2.19. The number of benzene rings is 2. The van der Waals surface area contributed by atoms with Crippen LogP contribution in [0.15, 0.2) is 48.5 Å². The van der Waals surface area contributed by atoms with Gasteiger partial charge in [-0.3, -0.25) is 9.59 Å². The van der Waals surface area contributed by atoms with Crippen LogP contribution in [0.3, 0.4) is 0 Å². The fourth-order valence-corrected chi connectivity index (χ4v) is 2.68. The monoisotopic (exact) mass is 383 g/mol. The van der Waals surface area contributed by atoms with E-state index in [1.807, 2.05) is 38.1 Å². The Balaban J connectivity index is 1.98. The second kappa shape index (κ2) is 9.55. The third-order valence-electron chi connectivity index (χ3n) is 4.22. The van der Waals surface area contributed by atoms with Crippen molar-refractivity contribution in [3.63, 3.8) is 0 Å². The van der Waals surface area contributed by atoms with Crippen molar-refractivity contribution >= 4 is 23.6 Å². The molecule has 2 unspecified atom stereocenters. The molecule has 0 bridgehead atoms. The summed E-state index contributed by atoms with van der Waals surface area (Å²) in [5.74, 6) is -1.05. The molecule has 0 saturated heterocycles. The number of anilines is 1. The van der Waals surface area contributed by atoms with Crippen molar-refractivity contribution in [1.29, 1.82) is 0 Å². The minimum absolute atomic E-state index is 0.145. The van der Waals surface area contributed by atoms with E-state index in [9.17, 15) is 14.4 Å². The van der Waals surface area contributed by atoms with Gasteiger partial charge in [0.15, 0.2) is 6.10 Å². The van der Waals surface area contributed by atoms with Crippen molar-refractivity contribution < 1.29 is 19.1 Å². The maximum atomic E-state index is 12.4. The first-order valence-corrected chi connectivity index (χ1v) is 8.94. The van der Waals surface area contributed by atoms with E-state index >= 15 is 0 Å². The van der Waals surface area contributed by atoms with Crippen LogP contribution in [-0.4, -0.2) is 24.0 Å². The first-order valence-electron chi connectivity index (χ1n) is 8.94. The highest BCUT2D eigenvalue weighted by Gasteiger charge is 2.23. The highest BCUT2D eigenvalue weighted by molar-refractivity contribution is 5.95. The predicted molar refractivity (Wildman–Crippen MR) is 107 cm³/mol. The Kier molecular flexibility index (Phi) is 7.14. The van der Waals surface area contributed by atoms with Gasteiger partial charge in [-0.1, -0.05) is 42.5 Å². The summed E-state index contributed by atoms with van der Waals surface area (Å²) in [6.45, 7) is 5.30. The SMILES string of the molecule is Cc1ccc(C)c(NC(=O)C(C)OC(=O)CC(NC(N)=O)c2ccccc2)c1. The number of urea groups is 1. The van der Waals surface area contributed by atoms with E-state index < -0.39 is 30.1 Å². The number of carbonyl (C=O) groups excluding carboxylic acids is 3. The Hall–Kier alpha value is -3.35. The molecule has 0 saturated carbocycles. The Morgan fingerprint density at radius 1 is 1.07 bits per heavy atom. The molecular formula is C21H25N3O4. The highest BCUT2D eigenvalue weighted by atomic mass is 16.5. The molecule has 2 atom stereocenters. The molecular weight excluding hydrogens is 358 g/mol. The third kappa shape index (κ3) is 6.12. The first kappa shape index (κ1) is 21.0. The number of rotatable bonds is 7. The van der Waals surface area contributed by atoms with Gasteiger partial charge in [0.25, 0.3) is 5.91 Å². The summed E-state index contributed by atoms with van der Waals surface area (Å²) < 4.78 is 5.24. The van der Waals surface area contributed by atoms with Crippen molar-refractivity contribution in [1.82, 2.24) is 5.32 Å². The van der Waals surface area contributed by atoms with Crippen LogP contribution < -0.4 is 16.4 Å². The molecule has 4 N–H and O–H groups in total. The van der Waals surface area contributed by atoms with Gasteiger partial charge in [0.2, 0.25) is 0 Å². The highest BCUT2D eigenvalue weighted by Crippen LogP contribution is 2.19. The smallest absolute Gasteiger partial charge is 0.312 e. The molecule has 0 aromatic heterocycles. The molecule has 2 rings (SSSR count). The van der Waals surface area contributed by atoms with Crippen LogP contribution in [0.2, 0.25) is 0 Å². The second-order valence-corrected chi connectivity index (χ2v) is 6.62. The summed E-state index contributed by atoms with van der Waals surface area (Å²) in [4.78, 5) is 35.9. The Bertz CT molecular complexity index is 852. The minimum atomic E-state index is -0.989. The van der Waals surface area contributed by atoms with Gasteiger partial charge < -0.3 is 21.1 Å². The molecule has 0 fully saturated rings. The standard InChI is InChI=1S/C21H25N3O4/c1-13-9-10-14(2)17(11-13)23-20(26)15(3)28-19(25)12-18(24-21(22)27)16-7-5-4-6-8-16/h4-11,15,18H,12H2,1-3H3,(H,23,26)(H3,22,24,27). The number of nitrogens with two attached hydrogens (primary N) is 1. The Morgan fingerprint density at radius 2 is 1.75 bits per heavy atom. The van der Waals surface area contributed by atoms with Crippen molar-refractivity contribution in [2.24, 2.45) is 5.73 Å². The van der Waals surface area contributed by atoms with Gasteiger partial charge in [0.1, 0.15) is 0 Å². The molecule has 3 amide bonds. The fraction of sp³-hybridized carbons (Fsp3) is 0.286. The van der Waals surface area contributed by atoms with Gasteiger partial charge in [-0.05, 0) is 43.5 Å². The zero-order chi connectivity index (χ0) is 20.7. The average molecular weight is 383 g/mol. The van der Waals surface area contributed by atoms with Crippen LogP contribution in [0.5, 0.6) is 0 Å². The minimum Gasteiger partial charge on any atom is -0.452 e. The predicted octanol–water partition coefficient (Wildman–Crippen LogP) is 2.97. The van der Waals surface area contributed by atoms with Gasteiger partial charge in [-0.2, -0.15) is 0 Å². The van der Waals surface area contributed by atoms with E-state index in [0.29, 0.717) is 11.3 Å².